The first-order chi connectivity index (χ1) is 8.09. The van der Waals surface area contributed by atoms with Crippen molar-refractivity contribution in [3.05, 3.63) is 0 Å². The first-order valence-electron chi connectivity index (χ1n) is 6.72. The van der Waals surface area contributed by atoms with Crippen molar-refractivity contribution in [2.75, 3.05) is 13.2 Å². The molecule has 0 bridgehead atoms. The number of amides is 1. The molecule has 0 aromatic carbocycles. The third-order valence-electron chi connectivity index (χ3n) is 4.18. The lowest BCUT2D eigenvalue weighted by Gasteiger charge is -2.46. The maximum atomic E-state index is 12.2. The summed E-state index contributed by atoms with van der Waals surface area (Å²) < 4.78 is 5.48. The highest BCUT2D eigenvalue weighted by molar-refractivity contribution is 5.84. The van der Waals surface area contributed by atoms with E-state index in [4.69, 9.17) is 10.5 Å². The summed E-state index contributed by atoms with van der Waals surface area (Å²) in [7, 11) is 0. The fourth-order valence-corrected chi connectivity index (χ4v) is 3.11. The van der Waals surface area contributed by atoms with Crippen LogP contribution in [0.4, 0.5) is 0 Å². The molecule has 0 aromatic rings. The van der Waals surface area contributed by atoms with E-state index in [1.54, 1.807) is 0 Å². The third-order valence-corrected chi connectivity index (χ3v) is 4.18. The van der Waals surface area contributed by atoms with Crippen LogP contribution in [0.15, 0.2) is 0 Å². The summed E-state index contributed by atoms with van der Waals surface area (Å²) in [5, 5.41) is 3.12. The van der Waals surface area contributed by atoms with Crippen molar-refractivity contribution in [3.8, 4) is 0 Å². The normalized spacial score (nSPS) is 40.3. The van der Waals surface area contributed by atoms with Crippen LogP contribution in [0.25, 0.3) is 0 Å². The van der Waals surface area contributed by atoms with Crippen LogP contribution in [0, 0.1) is 11.3 Å². The molecule has 4 heteroatoms. The van der Waals surface area contributed by atoms with E-state index in [1.165, 1.54) is 0 Å². The van der Waals surface area contributed by atoms with Gasteiger partial charge in [-0.3, -0.25) is 4.79 Å². The van der Waals surface area contributed by atoms with Gasteiger partial charge >= 0.3 is 0 Å². The van der Waals surface area contributed by atoms with E-state index >= 15 is 0 Å². The molecule has 0 heterocycles. The minimum absolute atomic E-state index is 0.165. The minimum Gasteiger partial charge on any atom is -0.378 e. The monoisotopic (exact) mass is 240 g/mol. The van der Waals surface area contributed by atoms with Gasteiger partial charge in [0.2, 0.25) is 5.91 Å². The van der Waals surface area contributed by atoms with Crippen LogP contribution < -0.4 is 11.1 Å². The molecule has 17 heavy (non-hydrogen) atoms. The molecule has 2 aliphatic rings. The van der Waals surface area contributed by atoms with Gasteiger partial charge in [-0.25, -0.2) is 0 Å². The van der Waals surface area contributed by atoms with Crippen molar-refractivity contribution >= 4 is 5.91 Å². The highest BCUT2D eigenvalue weighted by Crippen LogP contribution is 2.45. The molecule has 2 aliphatic carbocycles. The molecule has 98 valence electrons. The van der Waals surface area contributed by atoms with E-state index in [2.05, 4.69) is 12.2 Å². The molecule has 3 N–H and O–H groups in total. The van der Waals surface area contributed by atoms with Crippen LogP contribution in [0.1, 0.15) is 39.5 Å². The Labute approximate surface area is 103 Å². The Morgan fingerprint density at radius 2 is 2.12 bits per heavy atom. The van der Waals surface area contributed by atoms with Gasteiger partial charge in [-0.15, -0.1) is 0 Å². The molecule has 2 saturated carbocycles. The zero-order chi connectivity index (χ0) is 12.5. The summed E-state index contributed by atoms with van der Waals surface area (Å²) in [4.78, 5) is 12.2. The number of hydrogen-bond donors (Lipinski definition) is 2. The van der Waals surface area contributed by atoms with Crippen LogP contribution in [0.5, 0.6) is 0 Å². The topological polar surface area (TPSA) is 64.3 Å². The van der Waals surface area contributed by atoms with Gasteiger partial charge in [-0.1, -0.05) is 6.92 Å². The maximum Gasteiger partial charge on any atom is 0.227 e. The molecule has 0 spiro atoms. The highest BCUT2D eigenvalue weighted by atomic mass is 16.5. The lowest BCUT2D eigenvalue weighted by atomic mass is 9.62. The van der Waals surface area contributed by atoms with Gasteiger partial charge in [0.05, 0.1) is 11.5 Å². The van der Waals surface area contributed by atoms with Crippen molar-refractivity contribution in [2.45, 2.75) is 51.7 Å². The smallest absolute Gasteiger partial charge is 0.227 e. The molecule has 0 aliphatic heterocycles. The van der Waals surface area contributed by atoms with E-state index < -0.39 is 0 Å². The molecular weight excluding hydrogens is 216 g/mol. The van der Waals surface area contributed by atoms with E-state index in [0.29, 0.717) is 24.6 Å². The summed E-state index contributed by atoms with van der Waals surface area (Å²) in [5.74, 6) is 0.805. The quantitative estimate of drug-likeness (QED) is 0.755. The number of ether oxygens (including phenoxy) is 1. The SMILES string of the molecule is CCOC1CC(NC(=O)C2(CN)CC(C)C2)C1. The molecule has 0 atom stereocenters. The molecule has 0 unspecified atom stereocenters. The van der Waals surface area contributed by atoms with Gasteiger partial charge in [0, 0.05) is 19.2 Å². The number of rotatable bonds is 5. The van der Waals surface area contributed by atoms with Crippen molar-refractivity contribution < 1.29 is 9.53 Å². The molecule has 0 radical (unpaired) electrons. The number of hydrogen-bond acceptors (Lipinski definition) is 3. The van der Waals surface area contributed by atoms with Crippen LogP contribution in [-0.2, 0) is 9.53 Å². The highest BCUT2D eigenvalue weighted by Gasteiger charge is 2.48. The number of nitrogens with one attached hydrogen (secondary N) is 1. The average molecular weight is 240 g/mol. The zero-order valence-corrected chi connectivity index (χ0v) is 10.9. The number of nitrogens with two attached hydrogens (primary N) is 1. The second-order valence-corrected chi connectivity index (χ2v) is 5.72. The Balaban J connectivity index is 1.75. The first kappa shape index (κ1) is 12.8. The first-order valence-corrected chi connectivity index (χ1v) is 6.72. The molecular formula is C13H24N2O2. The zero-order valence-electron chi connectivity index (χ0n) is 10.9. The largest absolute Gasteiger partial charge is 0.378 e. The molecule has 0 aromatic heterocycles. The standard InChI is InChI=1S/C13H24N2O2/c1-3-17-11-4-10(5-11)15-12(16)13(8-14)6-9(2)7-13/h9-11H,3-8,14H2,1-2H3,(H,15,16). The molecule has 4 nitrogen and oxygen atoms in total. The molecule has 2 fully saturated rings. The van der Waals surface area contributed by atoms with Crippen molar-refractivity contribution in [1.82, 2.24) is 5.32 Å². The van der Waals surface area contributed by atoms with Gasteiger partial charge in [-0.2, -0.15) is 0 Å². The van der Waals surface area contributed by atoms with Crippen molar-refractivity contribution in [1.29, 1.82) is 0 Å². The summed E-state index contributed by atoms with van der Waals surface area (Å²) in [6, 6.07) is 0.304. The van der Waals surface area contributed by atoms with E-state index in [1.807, 2.05) is 6.92 Å². The second-order valence-electron chi connectivity index (χ2n) is 5.72. The average Bonchev–Trinajstić information content (AvgIpc) is 2.21. The van der Waals surface area contributed by atoms with Gasteiger partial charge in [0.25, 0.3) is 0 Å². The second kappa shape index (κ2) is 4.94. The summed E-state index contributed by atoms with van der Waals surface area (Å²) in [6.07, 6.45) is 4.14. The molecule has 0 saturated heterocycles. The van der Waals surface area contributed by atoms with Gasteiger partial charge in [-0.05, 0) is 38.5 Å². The summed E-state index contributed by atoms with van der Waals surface area (Å²) in [5.41, 5.74) is 5.49. The Bertz CT molecular complexity index is 281. The third kappa shape index (κ3) is 2.47. The van der Waals surface area contributed by atoms with Crippen LogP contribution in [-0.4, -0.2) is 31.2 Å². The van der Waals surface area contributed by atoms with E-state index in [9.17, 15) is 4.79 Å². The molecule has 2 rings (SSSR count). The lowest BCUT2D eigenvalue weighted by molar-refractivity contribution is -0.140. The Morgan fingerprint density at radius 1 is 1.47 bits per heavy atom. The predicted molar refractivity (Wildman–Crippen MR) is 66.5 cm³/mol. The van der Waals surface area contributed by atoms with Crippen molar-refractivity contribution in [3.63, 3.8) is 0 Å². The van der Waals surface area contributed by atoms with Crippen molar-refractivity contribution in [2.24, 2.45) is 17.1 Å². The predicted octanol–water partition coefficient (Wildman–Crippen LogP) is 1.05. The van der Waals surface area contributed by atoms with Crippen LogP contribution >= 0.6 is 0 Å². The van der Waals surface area contributed by atoms with Gasteiger partial charge < -0.3 is 15.8 Å². The summed E-state index contributed by atoms with van der Waals surface area (Å²) in [6.45, 7) is 5.42. The fraction of sp³-hybridized carbons (Fsp3) is 0.923. The Hall–Kier alpha value is -0.610. The molecule has 1 amide bonds. The minimum atomic E-state index is -0.268. The van der Waals surface area contributed by atoms with E-state index in [-0.39, 0.29) is 11.3 Å². The Kier molecular flexibility index (Phi) is 3.73. The van der Waals surface area contributed by atoms with Gasteiger partial charge in [0.15, 0.2) is 0 Å². The van der Waals surface area contributed by atoms with E-state index in [0.717, 1.165) is 32.3 Å². The number of carbonyl (C=O) groups excluding carboxylic acids is 1. The Morgan fingerprint density at radius 3 is 2.59 bits per heavy atom. The van der Waals surface area contributed by atoms with Crippen LogP contribution in [0.2, 0.25) is 0 Å². The lowest BCUT2D eigenvalue weighted by Crippen LogP contribution is -2.58. The van der Waals surface area contributed by atoms with Gasteiger partial charge in [0.1, 0.15) is 0 Å². The fourth-order valence-electron chi connectivity index (χ4n) is 3.11. The summed E-state index contributed by atoms with van der Waals surface area (Å²) >= 11 is 0. The van der Waals surface area contributed by atoms with Crippen LogP contribution in [0.3, 0.4) is 0 Å². The number of carbonyl (C=O) groups is 1. The maximum absolute atomic E-state index is 12.2.